The molecule has 5 heteroatoms. The van der Waals surface area contributed by atoms with Gasteiger partial charge in [0.15, 0.2) is 11.6 Å². The summed E-state index contributed by atoms with van der Waals surface area (Å²) in [5, 5.41) is 3.34. The molecule has 1 aromatic carbocycles. The lowest BCUT2D eigenvalue weighted by Gasteiger charge is -2.08. The van der Waals surface area contributed by atoms with Gasteiger partial charge in [-0.1, -0.05) is 0 Å². The van der Waals surface area contributed by atoms with Crippen molar-refractivity contribution in [2.45, 2.75) is 25.4 Å². The van der Waals surface area contributed by atoms with Crippen LogP contribution in [-0.4, -0.2) is 11.0 Å². The van der Waals surface area contributed by atoms with E-state index in [-0.39, 0.29) is 5.75 Å². The fraction of sp³-hybridized carbons (Fsp3) is 0.267. The van der Waals surface area contributed by atoms with Crippen LogP contribution in [0, 0.1) is 11.6 Å². The molecule has 1 N–H and O–H groups in total. The van der Waals surface area contributed by atoms with Crippen molar-refractivity contribution in [2.24, 2.45) is 0 Å². The van der Waals surface area contributed by atoms with Crippen LogP contribution < -0.4 is 10.1 Å². The van der Waals surface area contributed by atoms with Gasteiger partial charge >= 0.3 is 0 Å². The van der Waals surface area contributed by atoms with Gasteiger partial charge in [0.2, 0.25) is 0 Å². The van der Waals surface area contributed by atoms with E-state index in [2.05, 4.69) is 10.3 Å². The number of aromatic nitrogens is 1. The van der Waals surface area contributed by atoms with Crippen molar-refractivity contribution in [2.75, 3.05) is 0 Å². The molecule has 0 aliphatic heterocycles. The molecule has 1 aromatic heterocycles. The molecule has 0 saturated heterocycles. The van der Waals surface area contributed by atoms with Crippen LogP contribution in [0.1, 0.15) is 18.5 Å². The van der Waals surface area contributed by atoms with Crippen molar-refractivity contribution in [3.63, 3.8) is 0 Å². The fourth-order valence-corrected chi connectivity index (χ4v) is 1.84. The van der Waals surface area contributed by atoms with Gasteiger partial charge in [0.1, 0.15) is 11.6 Å². The zero-order chi connectivity index (χ0) is 13.9. The Labute approximate surface area is 115 Å². The minimum atomic E-state index is -0.723. The minimum absolute atomic E-state index is 0.00120. The van der Waals surface area contributed by atoms with Gasteiger partial charge in [-0.2, -0.15) is 0 Å². The number of rotatable bonds is 5. The molecule has 0 spiro atoms. The third-order valence-electron chi connectivity index (χ3n) is 3.06. The molecule has 1 aliphatic rings. The summed E-state index contributed by atoms with van der Waals surface area (Å²) in [6.07, 6.45) is 4.02. The summed E-state index contributed by atoms with van der Waals surface area (Å²) in [6, 6.07) is 7.21. The number of hydrogen-bond acceptors (Lipinski definition) is 3. The molecule has 2 aromatic rings. The van der Waals surface area contributed by atoms with E-state index in [1.165, 1.54) is 18.9 Å². The van der Waals surface area contributed by atoms with Crippen LogP contribution in [0.2, 0.25) is 0 Å². The number of benzene rings is 1. The second-order valence-electron chi connectivity index (χ2n) is 4.81. The van der Waals surface area contributed by atoms with Gasteiger partial charge in [-0.25, -0.2) is 8.78 Å². The highest BCUT2D eigenvalue weighted by atomic mass is 19.1. The van der Waals surface area contributed by atoms with E-state index in [0.717, 1.165) is 17.8 Å². The van der Waals surface area contributed by atoms with Crippen LogP contribution in [0.3, 0.4) is 0 Å². The Morgan fingerprint density at radius 3 is 2.80 bits per heavy atom. The number of nitrogens with zero attached hydrogens (tertiary/aromatic N) is 1. The fourth-order valence-electron chi connectivity index (χ4n) is 1.84. The third kappa shape index (κ3) is 3.30. The maximum absolute atomic E-state index is 13.5. The molecule has 1 saturated carbocycles. The molecule has 0 atom stereocenters. The van der Waals surface area contributed by atoms with Crippen molar-refractivity contribution in [1.82, 2.24) is 10.3 Å². The molecule has 1 aliphatic carbocycles. The average Bonchev–Trinajstić information content (AvgIpc) is 3.24. The maximum atomic E-state index is 13.5. The Kier molecular flexibility index (Phi) is 3.60. The first kappa shape index (κ1) is 13.0. The van der Waals surface area contributed by atoms with Gasteiger partial charge in [0, 0.05) is 30.9 Å². The second-order valence-corrected chi connectivity index (χ2v) is 4.81. The SMILES string of the molecule is Fc1ccc(Oc2ccnc(CNC3CC3)c2)c(F)c1. The zero-order valence-electron chi connectivity index (χ0n) is 10.8. The van der Waals surface area contributed by atoms with Crippen LogP contribution in [0.5, 0.6) is 11.5 Å². The molecule has 0 radical (unpaired) electrons. The van der Waals surface area contributed by atoms with Crippen molar-refractivity contribution in [1.29, 1.82) is 0 Å². The van der Waals surface area contributed by atoms with E-state index in [1.54, 1.807) is 18.3 Å². The predicted octanol–water partition coefficient (Wildman–Crippen LogP) is 3.40. The molecule has 1 fully saturated rings. The van der Waals surface area contributed by atoms with Crippen LogP contribution in [-0.2, 0) is 6.54 Å². The quantitative estimate of drug-likeness (QED) is 0.908. The number of nitrogens with one attached hydrogen (secondary N) is 1. The highest BCUT2D eigenvalue weighted by Crippen LogP contribution is 2.25. The Morgan fingerprint density at radius 2 is 2.05 bits per heavy atom. The van der Waals surface area contributed by atoms with Crippen LogP contribution >= 0.6 is 0 Å². The predicted molar refractivity (Wildman–Crippen MR) is 70.5 cm³/mol. The Balaban J connectivity index is 1.70. The van der Waals surface area contributed by atoms with E-state index in [1.807, 2.05) is 0 Å². The number of hydrogen-bond donors (Lipinski definition) is 1. The molecular formula is C15H14F2N2O. The Bertz CT molecular complexity index is 615. The van der Waals surface area contributed by atoms with Crippen molar-refractivity contribution >= 4 is 0 Å². The normalized spacial score (nSPS) is 14.3. The Morgan fingerprint density at radius 1 is 1.20 bits per heavy atom. The van der Waals surface area contributed by atoms with Crippen molar-refractivity contribution < 1.29 is 13.5 Å². The third-order valence-corrected chi connectivity index (χ3v) is 3.06. The van der Waals surface area contributed by atoms with Gasteiger partial charge in [-0.15, -0.1) is 0 Å². The standard InChI is InChI=1S/C15H14F2N2O/c16-10-1-4-15(14(17)7-10)20-13-5-6-18-12(8-13)9-19-11-2-3-11/h1,4-8,11,19H,2-3,9H2. The first-order chi connectivity index (χ1) is 9.70. The van der Waals surface area contributed by atoms with E-state index >= 15 is 0 Å². The van der Waals surface area contributed by atoms with Crippen LogP contribution in [0.4, 0.5) is 8.78 Å². The molecule has 3 rings (SSSR count). The van der Waals surface area contributed by atoms with Gasteiger partial charge in [-0.05, 0) is 31.0 Å². The highest BCUT2D eigenvalue weighted by molar-refractivity contribution is 5.32. The number of ether oxygens (including phenoxy) is 1. The summed E-state index contributed by atoms with van der Waals surface area (Å²) in [5.41, 5.74) is 0.830. The summed E-state index contributed by atoms with van der Waals surface area (Å²) < 4.78 is 31.7. The monoisotopic (exact) mass is 276 g/mol. The summed E-state index contributed by atoms with van der Waals surface area (Å²) in [4.78, 5) is 4.22. The number of pyridine rings is 1. The van der Waals surface area contributed by atoms with Crippen LogP contribution in [0.25, 0.3) is 0 Å². The molecule has 1 heterocycles. The zero-order valence-corrected chi connectivity index (χ0v) is 10.8. The van der Waals surface area contributed by atoms with Gasteiger partial charge < -0.3 is 10.1 Å². The largest absolute Gasteiger partial charge is 0.454 e. The minimum Gasteiger partial charge on any atom is -0.454 e. The van der Waals surface area contributed by atoms with Crippen molar-refractivity contribution in [3.8, 4) is 11.5 Å². The first-order valence-electron chi connectivity index (χ1n) is 6.52. The molecule has 0 unspecified atom stereocenters. The van der Waals surface area contributed by atoms with Crippen LogP contribution in [0.15, 0.2) is 36.5 Å². The molecule has 0 bridgehead atoms. The van der Waals surface area contributed by atoms with Crippen molar-refractivity contribution in [3.05, 3.63) is 53.9 Å². The number of halogens is 2. The maximum Gasteiger partial charge on any atom is 0.168 e. The lowest BCUT2D eigenvalue weighted by molar-refractivity contribution is 0.436. The van der Waals surface area contributed by atoms with E-state index in [4.69, 9.17) is 4.74 Å². The van der Waals surface area contributed by atoms with Gasteiger partial charge in [-0.3, -0.25) is 4.98 Å². The first-order valence-corrected chi connectivity index (χ1v) is 6.52. The average molecular weight is 276 g/mol. The summed E-state index contributed by atoms with van der Waals surface area (Å²) >= 11 is 0. The molecule has 20 heavy (non-hydrogen) atoms. The topological polar surface area (TPSA) is 34.1 Å². The molecule has 0 amide bonds. The summed E-state index contributed by atoms with van der Waals surface area (Å²) in [5.74, 6) is -0.866. The molecular weight excluding hydrogens is 262 g/mol. The summed E-state index contributed by atoms with van der Waals surface area (Å²) in [6.45, 7) is 0.660. The van der Waals surface area contributed by atoms with E-state index < -0.39 is 11.6 Å². The van der Waals surface area contributed by atoms with E-state index in [0.29, 0.717) is 18.3 Å². The van der Waals surface area contributed by atoms with Gasteiger partial charge in [0.25, 0.3) is 0 Å². The highest BCUT2D eigenvalue weighted by Gasteiger charge is 2.20. The molecule has 3 nitrogen and oxygen atoms in total. The smallest absolute Gasteiger partial charge is 0.168 e. The second kappa shape index (κ2) is 5.54. The summed E-state index contributed by atoms with van der Waals surface area (Å²) in [7, 11) is 0. The van der Waals surface area contributed by atoms with Gasteiger partial charge in [0.05, 0.1) is 5.69 Å². The lowest BCUT2D eigenvalue weighted by Crippen LogP contribution is -2.16. The lowest BCUT2D eigenvalue weighted by atomic mass is 10.3. The molecule has 104 valence electrons. The Hall–Kier alpha value is -2.01. The van der Waals surface area contributed by atoms with E-state index in [9.17, 15) is 8.78 Å².